The number of esters is 1. The molecule has 0 aliphatic carbocycles. The Kier molecular flexibility index (Phi) is 46.8. The van der Waals surface area contributed by atoms with Crippen LogP contribution >= 0.6 is 0 Å². The van der Waals surface area contributed by atoms with Crippen molar-refractivity contribution in [2.24, 2.45) is 0 Å². The lowest BCUT2D eigenvalue weighted by atomic mass is 10.0. The molecule has 0 heterocycles. The van der Waals surface area contributed by atoms with E-state index < -0.39 is 6.29 Å². The van der Waals surface area contributed by atoms with Gasteiger partial charge in [-0.15, -0.1) is 0 Å². The van der Waals surface area contributed by atoms with Crippen molar-refractivity contribution in [3.05, 3.63) is 0 Å². The van der Waals surface area contributed by atoms with Crippen molar-refractivity contribution in [1.82, 2.24) is 4.90 Å². The molecular weight excluding hydrogens is 719 g/mol. The minimum absolute atomic E-state index is 0.0202. The molecule has 0 aromatic carbocycles. The maximum absolute atomic E-state index is 12.8. The van der Waals surface area contributed by atoms with E-state index in [1.165, 1.54) is 180 Å². The Morgan fingerprint density at radius 2 is 0.741 bits per heavy atom. The Labute approximate surface area is 363 Å². The first-order valence-electron chi connectivity index (χ1n) is 26.4. The van der Waals surface area contributed by atoms with Crippen molar-refractivity contribution in [3.8, 4) is 0 Å². The number of hydrogen-bond acceptors (Lipinski definition) is 6. The first-order valence-corrected chi connectivity index (χ1v) is 26.4. The summed E-state index contributed by atoms with van der Waals surface area (Å²) in [6, 6.07) is 0. The fourth-order valence-corrected chi connectivity index (χ4v) is 8.48. The van der Waals surface area contributed by atoms with E-state index in [1.807, 2.05) is 0 Å². The van der Waals surface area contributed by atoms with Gasteiger partial charge in [-0.1, -0.05) is 207 Å². The largest absolute Gasteiger partial charge is 0.462 e. The fourth-order valence-electron chi connectivity index (χ4n) is 8.48. The van der Waals surface area contributed by atoms with Crippen LogP contribution < -0.4 is 0 Å². The summed E-state index contributed by atoms with van der Waals surface area (Å²) in [5.74, 6) is 0.0202. The Bertz CT molecular complexity index is 764. The quantitative estimate of drug-likeness (QED) is 0.0361. The number of nitrogens with zero attached hydrogens (tertiary/aromatic N) is 1. The molecule has 6 nitrogen and oxygen atoms in total. The number of aliphatic hydroxyl groups is 2. The van der Waals surface area contributed by atoms with Gasteiger partial charge in [0.05, 0.1) is 12.7 Å². The number of carbonyl (C=O) groups is 1. The Morgan fingerprint density at radius 3 is 1.14 bits per heavy atom. The topological polar surface area (TPSA) is 79.2 Å². The van der Waals surface area contributed by atoms with Crippen molar-refractivity contribution >= 4 is 5.97 Å². The van der Waals surface area contributed by atoms with Crippen molar-refractivity contribution in [1.29, 1.82) is 0 Å². The highest BCUT2D eigenvalue weighted by molar-refractivity contribution is 5.69. The highest BCUT2D eigenvalue weighted by atomic mass is 16.6. The average molecular weight is 824 g/mol. The molecular formula is C52H105NO5. The van der Waals surface area contributed by atoms with Crippen LogP contribution in [0, 0.1) is 0 Å². The van der Waals surface area contributed by atoms with Crippen LogP contribution in [0.5, 0.6) is 0 Å². The van der Waals surface area contributed by atoms with E-state index in [0.29, 0.717) is 6.42 Å². The number of aliphatic hydroxyl groups excluding tert-OH is 2. The van der Waals surface area contributed by atoms with Crippen molar-refractivity contribution < 1.29 is 24.5 Å². The minimum atomic E-state index is -0.620. The van der Waals surface area contributed by atoms with Crippen LogP contribution in [0.4, 0.5) is 0 Å². The van der Waals surface area contributed by atoms with E-state index in [2.05, 4.69) is 32.6 Å². The van der Waals surface area contributed by atoms with E-state index in [9.17, 15) is 15.0 Å². The van der Waals surface area contributed by atoms with Gasteiger partial charge in [-0.25, -0.2) is 0 Å². The normalized spacial score (nSPS) is 12.4. The molecule has 0 aromatic rings. The predicted octanol–water partition coefficient (Wildman–Crippen LogP) is 15.6. The summed E-state index contributed by atoms with van der Waals surface area (Å²) >= 11 is 0. The van der Waals surface area contributed by atoms with Crippen molar-refractivity contribution in [2.45, 2.75) is 303 Å². The number of hydrogen-bond donors (Lipinski definition) is 2. The molecule has 348 valence electrons. The van der Waals surface area contributed by atoms with Gasteiger partial charge >= 0.3 is 5.97 Å². The third-order valence-electron chi connectivity index (χ3n) is 12.4. The summed E-state index contributed by atoms with van der Waals surface area (Å²) in [6.07, 6.45) is 47.6. The zero-order valence-corrected chi connectivity index (χ0v) is 39.9. The molecule has 0 fully saturated rings. The van der Waals surface area contributed by atoms with Gasteiger partial charge in [-0.05, 0) is 83.7 Å². The lowest BCUT2D eigenvalue weighted by Crippen LogP contribution is -2.29. The lowest BCUT2D eigenvalue weighted by Gasteiger charge is -2.22. The van der Waals surface area contributed by atoms with E-state index in [0.717, 1.165) is 90.3 Å². The summed E-state index contributed by atoms with van der Waals surface area (Å²) in [6.45, 7) is 12.2. The molecule has 0 bridgehead atoms. The number of rotatable bonds is 49. The first-order chi connectivity index (χ1) is 28.5. The SMILES string of the molecule is CCCCCCCCC(CCCCCCCC)OC(=O)CCCCCCCN(CCO)CCCCCCCC(O)OC(CCCCCCCC)CCCCCCCC. The van der Waals surface area contributed by atoms with Gasteiger partial charge < -0.3 is 24.6 Å². The molecule has 0 aromatic heterocycles. The van der Waals surface area contributed by atoms with Crippen LogP contribution in [-0.4, -0.2) is 65.8 Å². The smallest absolute Gasteiger partial charge is 0.306 e. The Balaban J connectivity index is 4.21. The second-order valence-corrected chi connectivity index (χ2v) is 18.2. The van der Waals surface area contributed by atoms with Gasteiger partial charge in [0.25, 0.3) is 0 Å². The third-order valence-corrected chi connectivity index (χ3v) is 12.4. The summed E-state index contributed by atoms with van der Waals surface area (Å²) < 4.78 is 12.3. The molecule has 58 heavy (non-hydrogen) atoms. The van der Waals surface area contributed by atoms with E-state index >= 15 is 0 Å². The zero-order chi connectivity index (χ0) is 42.4. The van der Waals surface area contributed by atoms with Crippen molar-refractivity contribution in [2.75, 3.05) is 26.2 Å². The molecule has 0 radical (unpaired) electrons. The lowest BCUT2D eigenvalue weighted by molar-refractivity contribution is -0.150. The second-order valence-electron chi connectivity index (χ2n) is 18.2. The third kappa shape index (κ3) is 42.0. The Morgan fingerprint density at radius 1 is 0.414 bits per heavy atom. The van der Waals surface area contributed by atoms with Gasteiger partial charge in [-0.2, -0.15) is 0 Å². The number of ether oxygens (including phenoxy) is 2. The summed E-state index contributed by atoms with van der Waals surface area (Å²) in [5.41, 5.74) is 0. The molecule has 1 atom stereocenters. The number of carbonyl (C=O) groups excluding carboxylic acids is 1. The maximum atomic E-state index is 12.8. The summed E-state index contributed by atoms with van der Waals surface area (Å²) in [7, 11) is 0. The molecule has 0 amide bonds. The average Bonchev–Trinajstić information content (AvgIpc) is 3.21. The second kappa shape index (κ2) is 47.4. The fraction of sp³-hybridized carbons (Fsp3) is 0.981. The highest BCUT2D eigenvalue weighted by Gasteiger charge is 2.16. The van der Waals surface area contributed by atoms with Crippen LogP contribution in [0.1, 0.15) is 285 Å². The van der Waals surface area contributed by atoms with Gasteiger partial charge in [0.1, 0.15) is 6.10 Å². The van der Waals surface area contributed by atoms with Crippen LogP contribution in [-0.2, 0) is 14.3 Å². The van der Waals surface area contributed by atoms with Gasteiger partial charge in [0.15, 0.2) is 6.29 Å². The minimum Gasteiger partial charge on any atom is -0.462 e. The number of unbranched alkanes of at least 4 members (excludes halogenated alkanes) is 28. The van der Waals surface area contributed by atoms with E-state index in [-0.39, 0.29) is 24.8 Å². The highest BCUT2D eigenvalue weighted by Crippen LogP contribution is 2.21. The molecule has 1 unspecified atom stereocenters. The van der Waals surface area contributed by atoms with Gasteiger partial charge in [-0.3, -0.25) is 4.79 Å². The molecule has 0 saturated heterocycles. The predicted molar refractivity (Wildman–Crippen MR) is 252 cm³/mol. The van der Waals surface area contributed by atoms with Crippen molar-refractivity contribution in [3.63, 3.8) is 0 Å². The van der Waals surface area contributed by atoms with E-state index in [1.54, 1.807) is 0 Å². The molecule has 0 spiro atoms. The molecule has 0 saturated carbocycles. The van der Waals surface area contributed by atoms with Crippen LogP contribution in [0.25, 0.3) is 0 Å². The molecule has 2 N–H and O–H groups in total. The summed E-state index contributed by atoms with van der Waals surface area (Å²) in [4.78, 5) is 15.2. The Hall–Kier alpha value is -0.690. The van der Waals surface area contributed by atoms with E-state index in [4.69, 9.17) is 9.47 Å². The molecule has 0 rings (SSSR count). The zero-order valence-electron chi connectivity index (χ0n) is 39.9. The monoisotopic (exact) mass is 824 g/mol. The van der Waals surface area contributed by atoms with Gasteiger partial charge in [0, 0.05) is 13.0 Å². The molecule has 0 aliphatic heterocycles. The maximum Gasteiger partial charge on any atom is 0.306 e. The molecule has 0 aliphatic rings. The van der Waals surface area contributed by atoms with Crippen LogP contribution in [0.2, 0.25) is 0 Å². The summed E-state index contributed by atoms with van der Waals surface area (Å²) in [5, 5.41) is 20.4. The first kappa shape index (κ1) is 57.3. The van der Waals surface area contributed by atoms with Crippen LogP contribution in [0.15, 0.2) is 0 Å². The van der Waals surface area contributed by atoms with Gasteiger partial charge in [0.2, 0.25) is 0 Å². The molecule has 6 heteroatoms. The standard InChI is InChI=1S/C52H105NO5/c1-5-9-13-17-23-31-39-49(40-32-24-18-14-10-6-2)57-51(55)43-35-27-21-29-37-45-53(47-48-54)46-38-30-22-28-36-44-52(56)58-50(41-33-25-19-15-11-7-3)42-34-26-20-16-12-8-4/h49-51,54-55H,5-48H2,1-4H3. The van der Waals surface area contributed by atoms with Crippen LogP contribution in [0.3, 0.4) is 0 Å².